The van der Waals surface area contributed by atoms with E-state index < -0.39 is 0 Å². The summed E-state index contributed by atoms with van der Waals surface area (Å²) in [7, 11) is 0. The minimum atomic E-state index is 0.271. The molecule has 2 aromatic carbocycles. The van der Waals surface area contributed by atoms with Crippen LogP contribution in [-0.4, -0.2) is 4.68 Å². The van der Waals surface area contributed by atoms with Gasteiger partial charge in [-0.1, -0.05) is 54.6 Å². The molecule has 1 unspecified atom stereocenters. The van der Waals surface area contributed by atoms with Crippen molar-refractivity contribution in [2.24, 2.45) is 0 Å². The highest BCUT2D eigenvalue weighted by atomic mass is 15.4. The molecule has 0 fully saturated rings. The Morgan fingerprint density at radius 3 is 2.00 bits per heavy atom. The van der Waals surface area contributed by atoms with Crippen molar-refractivity contribution in [2.75, 3.05) is 5.43 Å². The maximum atomic E-state index is 3.41. The molecule has 0 saturated heterocycles. The second-order valence-corrected chi connectivity index (χ2v) is 4.93. The fourth-order valence-electron chi connectivity index (χ4n) is 2.31. The van der Waals surface area contributed by atoms with E-state index in [0.29, 0.717) is 0 Å². The zero-order chi connectivity index (χ0) is 13.8. The van der Waals surface area contributed by atoms with Crippen molar-refractivity contribution >= 4 is 0 Å². The predicted molar refractivity (Wildman–Crippen MR) is 84.1 cm³/mol. The maximum absolute atomic E-state index is 3.41. The molecule has 0 aliphatic rings. The fraction of sp³-hybridized carbons (Fsp3) is 0.111. The number of nitrogens with zero attached hydrogens (tertiary/aromatic N) is 1. The maximum Gasteiger partial charge on any atom is 0.0645 e. The van der Waals surface area contributed by atoms with E-state index in [2.05, 4.69) is 60.9 Å². The number of hydrogen-bond donors (Lipinski definition) is 1. The van der Waals surface area contributed by atoms with E-state index >= 15 is 0 Å². The third-order valence-electron chi connectivity index (χ3n) is 3.46. The molecule has 1 N–H and O–H groups in total. The molecule has 3 rings (SSSR count). The number of hydrogen-bond acceptors (Lipinski definition) is 1. The van der Waals surface area contributed by atoms with Crippen LogP contribution in [0.5, 0.6) is 0 Å². The number of benzene rings is 2. The summed E-state index contributed by atoms with van der Waals surface area (Å²) >= 11 is 0. The normalized spacial score (nSPS) is 12.1. The van der Waals surface area contributed by atoms with Crippen LogP contribution in [0, 0.1) is 0 Å². The fourth-order valence-corrected chi connectivity index (χ4v) is 2.31. The van der Waals surface area contributed by atoms with E-state index in [0.717, 1.165) is 0 Å². The van der Waals surface area contributed by atoms with Crippen LogP contribution in [0.15, 0.2) is 79.1 Å². The van der Waals surface area contributed by atoms with Crippen LogP contribution in [-0.2, 0) is 0 Å². The zero-order valence-corrected chi connectivity index (χ0v) is 11.5. The monoisotopic (exact) mass is 262 g/mol. The first-order chi connectivity index (χ1) is 9.83. The van der Waals surface area contributed by atoms with Crippen LogP contribution in [0.25, 0.3) is 11.1 Å². The Hall–Kier alpha value is -2.48. The molecule has 2 nitrogen and oxygen atoms in total. The van der Waals surface area contributed by atoms with E-state index in [-0.39, 0.29) is 6.04 Å². The molecule has 20 heavy (non-hydrogen) atoms. The molecule has 0 radical (unpaired) electrons. The van der Waals surface area contributed by atoms with Crippen molar-refractivity contribution < 1.29 is 0 Å². The smallest absolute Gasteiger partial charge is 0.0645 e. The lowest BCUT2D eigenvalue weighted by Crippen LogP contribution is -2.16. The average Bonchev–Trinajstić information content (AvgIpc) is 3.01. The van der Waals surface area contributed by atoms with Gasteiger partial charge in [-0.3, -0.25) is 4.68 Å². The van der Waals surface area contributed by atoms with Crippen LogP contribution in [0.4, 0.5) is 0 Å². The summed E-state index contributed by atoms with van der Waals surface area (Å²) in [6, 6.07) is 23.5. The molecule has 0 amide bonds. The lowest BCUT2D eigenvalue weighted by molar-refractivity contribution is 0.728. The van der Waals surface area contributed by atoms with Gasteiger partial charge in [0.05, 0.1) is 6.04 Å². The van der Waals surface area contributed by atoms with Gasteiger partial charge < -0.3 is 5.43 Å². The van der Waals surface area contributed by atoms with Gasteiger partial charge in [-0.25, -0.2) is 0 Å². The van der Waals surface area contributed by atoms with Crippen LogP contribution in [0.1, 0.15) is 18.5 Å². The minimum Gasteiger partial charge on any atom is -0.319 e. The summed E-state index contributed by atoms with van der Waals surface area (Å²) in [6.07, 6.45) is 4.02. The van der Waals surface area contributed by atoms with Gasteiger partial charge >= 0.3 is 0 Å². The lowest BCUT2D eigenvalue weighted by Gasteiger charge is -2.17. The molecule has 0 saturated carbocycles. The van der Waals surface area contributed by atoms with E-state index in [1.54, 1.807) is 0 Å². The summed E-state index contributed by atoms with van der Waals surface area (Å²) in [4.78, 5) is 0. The van der Waals surface area contributed by atoms with Crippen LogP contribution >= 0.6 is 0 Å². The summed E-state index contributed by atoms with van der Waals surface area (Å²) in [5.41, 5.74) is 7.20. The molecule has 1 aromatic heterocycles. The van der Waals surface area contributed by atoms with Gasteiger partial charge in [0.15, 0.2) is 0 Å². The van der Waals surface area contributed by atoms with Gasteiger partial charge in [0.1, 0.15) is 0 Å². The Morgan fingerprint density at radius 2 is 1.35 bits per heavy atom. The number of nitrogens with one attached hydrogen (secondary N) is 1. The van der Waals surface area contributed by atoms with Crippen molar-refractivity contribution in [3.05, 3.63) is 84.7 Å². The van der Waals surface area contributed by atoms with Crippen LogP contribution in [0.2, 0.25) is 0 Å². The van der Waals surface area contributed by atoms with E-state index in [1.165, 1.54) is 16.7 Å². The first-order valence-corrected chi connectivity index (χ1v) is 6.88. The molecular formula is C18H18N2. The highest BCUT2D eigenvalue weighted by molar-refractivity contribution is 5.63. The Labute approximate surface area is 119 Å². The van der Waals surface area contributed by atoms with Gasteiger partial charge in [0, 0.05) is 12.4 Å². The molecule has 0 aliphatic heterocycles. The second-order valence-electron chi connectivity index (χ2n) is 4.93. The topological polar surface area (TPSA) is 17.0 Å². The highest BCUT2D eigenvalue weighted by Gasteiger charge is 2.05. The lowest BCUT2D eigenvalue weighted by atomic mass is 10.0. The quantitative estimate of drug-likeness (QED) is 0.734. The summed E-state index contributed by atoms with van der Waals surface area (Å²) in [6.45, 7) is 2.16. The van der Waals surface area contributed by atoms with E-state index in [4.69, 9.17) is 0 Å². The Bertz CT molecular complexity index is 640. The second kappa shape index (κ2) is 5.66. The molecule has 100 valence electrons. The third-order valence-corrected chi connectivity index (χ3v) is 3.46. The van der Waals surface area contributed by atoms with Gasteiger partial charge in [-0.2, -0.15) is 0 Å². The number of aromatic nitrogens is 1. The molecule has 0 spiro atoms. The van der Waals surface area contributed by atoms with Crippen molar-refractivity contribution in [3.8, 4) is 11.1 Å². The largest absolute Gasteiger partial charge is 0.319 e. The standard InChI is InChI=1S/C18H18N2/c1-15(19-20-13-5-6-14-20)16-9-11-18(12-10-16)17-7-3-2-4-8-17/h2-15,19H,1H3. The zero-order valence-electron chi connectivity index (χ0n) is 11.5. The predicted octanol–water partition coefficient (Wildman–Crippen LogP) is 4.46. The van der Waals surface area contributed by atoms with Gasteiger partial charge in [0.2, 0.25) is 0 Å². The SMILES string of the molecule is CC(Nn1cccc1)c1ccc(-c2ccccc2)cc1. The van der Waals surface area contributed by atoms with Crippen LogP contribution < -0.4 is 5.43 Å². The van der Waals surface area contributed by atoms with Gasteiger partial charge in [-0.15, -0.1) is 0 Å². The first kappa shape index (κ1) is 12.5. The van der Waals surface area contributed by atoms with Gasteiger partial charge in [-0.05, 0) is 35.7 Å². The first-order valence-electron chi connectivity index (χ1n) is 6.88. The molecule has 0 aliphatic carbocycles. The summed E-state index contributed by atoms with van der Waals surface area (Å²) in [5, 5.41) is 0. The van der Waals surface area contributed by atoms with Crippen molar-refractivity contribution in [3.63, 3.8) is 0 Å². The minimum absolute atomic E-state index is 0.271. The Morgan fingerprint density at radius 1 is 0.750 bits per heavy atom. The Balaban J connectivity index is 1.76. The highest BCUT2D eigenvalue weighted by Crippen LogP contribution is 2.22. The van der Waals surface area contributed by atoms with Gasteiger partial charge in [0.25, 0.3) is 0 Å². The molecule has 2 heteroatoms. The molecule has 3 aromatic rings. The average molecular weight is 262 g/mol. The Kier molecular flexibility index (Phi) is 3.55. The van der Waals surface area contributed by atoms with E-state index in [9.17, 15) is 0 Å². The molecule has 1 heterocycles. The summed E-state index contributed by atoms with van der Waals surface area (Å²) < 4.78 is 1.98. The van der Waals surface area contributed by atoms with Crippen molar-refractivity contribution in [1.82, 2.24) is 4.68 Å². The molecular weight excluding hydrogens is 244 g/mol. The third kappa shape index (κ3) is 2.75. The molecule has 0 bridgehead atoms. The van der Waals surface area contributed by atoms with Crippen molar-refractivity contribution in [2.45, 2.75) is 13.0 Å². The van der Waals surface area contributed by atoms with Crippen molar-refractivity contribution in [1.29, 1.82) is 0 Å². The number of rotatable bonds is 4. The van der Waals surface area contributed by atoms with E-state index in [1.807, 2.05) is 35.3 Å². The summed E-state index contributed by atoms with van der Waals surface area (Å²) in [5.74, 6) is 0. The van der Waals surface area contributed by atoms with Crippen LogP contribution in [0.3, 0.4) is 0 Å². The molecule has 1 atom stereocenters.